The minimum absolute atomic E-state index is 0.193. The van der Waals surface area contributed by atoms with E-state index in [1.54, 1.807) is 24.3 Å². The molecule has 0 radical (unpaired) electrons. The number of halogens is 2. The molecule has 2 aromatic carbocycles. The van der Waals surface area contributed by atoms with Gasteiger partial charge in [0.05, 0.1) is 10.0 Å². The van der Waals surface area contributed by atoms with Crippen LogP contribution >= 0.6 is 35.0 Å². The molecule has 0 spiro atoms. The van der Waals surface area contributed by atoms with Gasteiger partial charge in [-0.05, 0) is 73.2 Å². The second-order valence-corrected chi connectivity index (χ2v) is 12.3. The average Bonchev–Trinajstić information content (AvgIpc) is 3.60. The van der Waals surface area contributed by atoms with Crippen molar-refractivity contribution in [2.45, 2.75) is 48.3 Å². The van der Waals surface area contributed by atoms with Crippen molar-refractivity contribution < 1.29 is 19.2 Å². The highest BCUT2D eigenvalue weighted by Crippen LogP contribution is 2.38. The summed E-state index contributed by atoms with van der Waals surface area (Å²) < 4.78 is 0. The van der Waals surface area contributed by atoms with E-state index in [9.17, 15) is 19.2 Å². The molecule has 11 heteroatoms. The van der Waals surface area contributed by atoms with Crippen LogP contribution in [0.2, 0.25) is 10.0 Å². The maximum atomic E-state index is 12.2. The molecule has 4 rings (SSSR count). The van der Waals surface area contributed by atoms with Crippen LogP contribution in [0, 0.1) is 0 Å². The van der Waals surface area contributed by atoms with E-state index in [1.165, 1.54) is 23.9 Å². The van der Waals surface area contributed by atoms with Gasteiger partial charge in [-0.25, -0.2) is 0 Å². The molecule has 0 aliphatic carbocycles. The maximum absolute atomic E-state index is 12.2. The van der Waals surface area contributed by atoms with Gasteiger partial charge in [0.25, 0.3) is 0 Å². The molecule has 0 aromatic heterocycles. The van der Waals surface area contributed by atoms with E-state index in [0.29, 0.717) is 49.1 Å². The number of hydrogen-bond donors (Lipinski definition) is 2. The average molecular weight is 644 g/mol. The first-order valence-electron chi connectivity index (χ1n) is 14.5. The van der Waals surface area contributed by atoms with Gasteiger partial charge >= 0.3 is 0 Å². The molecule has 0 atom stereocenters. The van der Waals surface area contributed by atoms with Gasteiger partial charge in [0.1, 0.15) is 0 Å². The molecule has 2 fully saturated rings. The zero-order valence-corrected chi connectivity index (χ0v) is 26.3. The second kappa shape index (κ2) is 16.5. The Balaban J connectivity index is 1.20. The summed E-state index contributed by atoms with van der Waals surface area (Å²) in [6.07, 6.45) is 10.9. The Labute approximate surface area is 266 Å². The van der Waals surface area contributed by atoms with Crippen molar-refractivity contribution in [1.29, 1.82) is 0 Å². The molecule has 2 aromatic rings. The quantitative estimate of drug-likeness (QED) is 0.212. The minimum atomic E-state index is -0.198. The second-order valence-electron chi connectivity index (χ2n) is 10.4. The van der Waals surface area contributed by atoms with E-state index in [-0.39, 0.29) is 23.6 Å². The molecule has 0 saturated carbocycles. The first-order chi connectivity index (χ1) is 20.8. The standard InChI is InChI=1S/C32H36Cl2N4O4S/c33-25-21-23(9-13-29(39)35-15-3-19-37-17-1-5-31(37)41)7-11-27(25)43-28-12-8-24(22-26(28)34)10-14-30(40)36-16-4-20-38-18-2-6-32(38)42/h7-14,21-22H,1-6,15-20H2,(H,35,39)(H,36,40). The van der Waals surface area contributed by atoms with Crippen LogP contribution in [0.4, 0.5) is 0 Å². The summed E-state index contributed by atoms with van der Waals surface area (Å²) in [5.41, 5.74) is 1.59. The predicted octanol–water partition coefficient (Wildman–Crippen LogP) is 5.43. The van der Waals surface area contributed by atoms with Crippen molar-refractivity contribution in [2.24, 2.45) is 0 Å². The van der Waals surface area contributed by atoms with Crippen LogP contribution in [0.25, 0.3) is 12.2 Å². The number of carbonyl (C=O) groups excluding carboxylic acids is 4. The fourth-order valence-corrected chi connectivity index (χ4v) is 6.26. The Hall–Kier alpha value is -3.27. The number of hydrogen-bond acceptors (Lipinski definition) is 5. The SMILES string of the molecule is O=C(C=Cc1ccc(Sc2ccc(C=CC(=O)NCCCN3CCCC3=O)cc2Cl)c(Cl)c1)NCCCN1CCCC1=O. The fourth-order valence-electron chi connectivity index (χ4n) is 4.83. The van der Waals surface area contributed by atoms with Gasteiger partial charge in [-0.1, -0.05) is 47.1 Å². The maximum Gasteiger partial charge on any atom is 0.244 e. The summed E-state index contributed by atoms with van der Waals surface area (Å²) in [5.74, 6) is -0.0104. The summed E-state index contributed by atoms with van der Waals surface area (Å²) in [7, 11) is 0. The monoisotopic (exact) mass is 642 g/mol. The van der Waals surface area contributed by atoms with Crippen molar-refractivity contribution in [1.82, 2.24) is 20.4 Å². The van der Waals surface area contributed by atoms with Crippen LogP contribution in [0.5, 0.6) is 0 Å². The highest BCUT2D eigenvalue weighted by atomic mass is 35.5. The number of benzene rings is 2. The number of carbonyl (C=O) groups is 4. The van der Waals surface area contributed by atoms with Crippen LogP contribution in [0.15, 0.2) is 58.3 Å². The van der Waals surface area contributed by atoms with Crippen molar-refractivity contribution >= 4 is 70.7 Å². The molecule has 2 heterocycles. The first kappa shape index (κ1) is 32.6. The molecular weight excluding hydrogens is 607 g/mol. The normalized spacial score (nSPS) is 15.3. The van der Waals surface area contributed by atoms with Crippen LogP contribution < -0.4 is 10.6 Å². The van der Waals surface area contributed by atoms with E-state index in [1.807, 2.05) is 34.1 Å². The summed E-state index contributed by atoms with van der Waals surface area (Å²) in [4.78, 5) is 52.9. The Kier molecular flexibility index (Phi) is 12.6. The smallest absolute Gasteiger partial charge is 0.244 e. The molecule has 2 saturated heterocycles. The zero-order valence-electron chi connectivity index (χ0n) is 24.0. The third-order valence-corrected chi connectivity index (χ3v) is 9.14. The molecular formula is C32H36Cl2N4O4S. The Morgan fingerprint density at radius 2 is 1.19 bits per heavy atom. The largest absolute Gasteiger partial charge is 0.352 e. The topological polar surface area (TPSA) is 98.8 Å². The molecule has 2 aliphatic heterocycles. The number of likely N-dealkylation sites (tertiary alicyclic amines) is 2. The summed E-state index contributed by atoms with van der Waals surface area (Å²) in [5, 5.41) is 6.76. The van der Waals surface area contributed by atoms with E-state index >= 15 is 0 Å². The molecule has 2 N–H and O–H groups in total. The van der Waals surface area contributed by atoms with Gasteiger partial charge in [0.15, 0.2) is 0 Å². The lowest BCUT2D eigenvalue weighted by Crippen LogP contribution is -2.29. The Bertz CT molecular complexity index is 1290. The van der Waals surface area contributed by atoms with E-state index in [2.05, 4.69) is 10.6 Å². The fraction of sp³-hybridized carbons (Fsp3) is 0.375. The summed E-state index contributed by atoms with van der Waals surface area (Å²) >= 11 is 14.5. The lowest BCUT2D eigenvalue weighted by molar-refractivity contribution is -0.128. The first-order valence-corrected chi connectivity index (χ1v) is 16.1. The lowest BCUT2D eigenvalue weighted by atomic mass is 10.2. The predicted molar refractivity (Wildman–Crippen MR) is 172 cm³/mol. The van der Waals surface area contributed by atoms with Gasteiger partial charge in [0.2, 0.25) is 23.6 Å². The van der Waals surface area contributed by atoms with Crippen LogP contribution in [0.3, 0.4) is 0 Å². The summed E-state index contributed by atoms with van der Waals surface area (Å²) in [6, 6.07) is 11.1. The molecule has 43 heavy (non-hydrogen) atoms. The molecule has 228 valence electrons. The van der Waals surface area contributed by atoms with Crippen molar-refractivity contribution in [3.8, 4) is 0 Å². The minimum Gasteiger partial charge on any atom is -0.352 e. The highest BCUT2D eigenvalue weighted by Gasteiger charge is 2.20. The lowest BCUT2D eigenvalue weighted by Gasteiger charge is -2.14. The Morgan fingerprint density at radius 1 is 0.744 bits per heavy atom. The van der Waals surface area contributed by atoms with E-state index in [4.69, 9.17) is 23.2 Å². The van der Waals surface area contributed by atoms with Gasteiger partial charge in [0, 0.05) is 74.1 Å². The highest BCUT2D eigenvalue weighted by molar-refractivity contribution is 7.99. The number of rotatable bonds is 14. The van der Waals surface area contributed by atoms with Gasteiger partial charge in [-0.15, -0.1) is 0 Å². The van der Waals surface area contributed by atoms with Gasteiger partial charge in [-0.3, -0.25) is 19.2 Å². The van der Waals surface area contributed by atoms with Crippen molar-refractivity contribution in [2.75, 3.05) is 39.3 Å². The number of amides is 4. The van der Waals surface area contributed by atoms with Crippen LogP contribution in [-0.4, -0.2) is 72.7 Å². The van der Waals surface area contributed by atoms with Crippen molar-refractivity contribution in [3.05, 3.63) is 69.7 Å². The van der Waals surface area contributed by atoms with E-state index in [0.717, 1.165) is 59.7 Å². The van der Waals surface area contributed by atoms with Gasteiger partial charge < -0.3 is 20.4 Å². The molecule has 4 amide bonds. The number of nitrogens with one attached hydrogen (secondary N) is 2. The van der Waals surface area contributed by atoms with Crippen LogP contribution in [-0.2, 0) is 19.2 Å². The Morgan fingerprint density at radius 3 is 1.56 bits per heavy atom. The molecule has 8 nitrogen and oxygen atoms in total. The third kappa shape index (κ3) is 10.4. The summed E-state index contributed by atoms with van der Waals surface area (Å²) in [6.45, 7) is 3.97. The molecule has 0 bridgehead atoms. The van der Waals surface area contributed by atoms with Crippen LogP contribution in [0.1, 0.15) is 49.7 Å². The molecule has 0 unspecified atom stereocenters. The van der Waals surface area contributed by atoms with Gasteiger partial charge in [-0.2, -0.15) is 0 Å². The zero-order chi connectivity index (χ0) is 30.6. The van der Waals surface area contributed by atoms with Crippen molar-refractivity contribution in [3.63, 3.8) is 0 Å². The number of nitrogens with zero attached hydrogens (tertiary/aromatic N) is 2. The van der Waals surface area contributed by atoms with E-state index < -0.39 is 0 Å². The third-order valence-electron chi connectivity index (χ3n) is 7.14. The molecule has 2 aliphatic rings.